The van der Waals surface area contributed by atoms with E-state index in [-0.39, 0.29) is 16.5 Å². The average molecular weight is 191 g/mol. The fraction of sp³-hybridized carbons (Fsp3) is 0.273. The summed E-state index contributed by atoms with van der Waals surface area (Å²) < 4.78 is 0. The maximum Gasteiger partial charge on any atom is 0.276 e. The van der Waals surface area contributed by atoms with Gasteiger partial charge in [-0.15, -0.1) is 0 Å². The van der Waals surface area contributed by atoms with Crippen molar-refractivity contribution < 1.29 is 4.92 Å². The predicted octanol–water partition coefficient (Wildman–Crippen LogP) is 3.36. The molecule has 0 radical (unpaired) electrons. The highest BCUT2D eigenvalue weighted by Gasteiger charge is 2.15. The van der Waals surface area contributed by atoms with Crippen LogP contribution >= 0.6 is 0 Å². The minimum Gasteiger partial charge on any atom is -0.258 e. The Morgan fingerprint density at radius 3 is 2.57 bits per heavy atom. The summed E-state index contributed by atoms with van der Waals surface area (Å²) >= 11 is 0. The number of nitro groups is 1. The van der Waals surface area contributed by atoms with E-state index in [0.717, 1.165) is 5.56 Å². The molecule has 14 heavy (non-hydrogen) atoms. The molecule has 0 fully saturated rings. The van der Waals surface area contributed by atoms with Crippen LogP contribution in [0.1, 0.15) is 30.9 Å². The molecule has 0 aromatic heterocycles. The second-order valence-electron chi connectivity index (χ2n) is 3.40. The molecule has 1 aromatic carbocycles. The smallest absolute Gasteiger partial charge is 0.258 e. The van der Waals surface area contributed by atoms with Gasteiger partial charge in [-0.25, -0.2) is 0 Å². The second-order valence-corrected chi connectivity index (χ2v) is 3.40. The Bertz CT molecular complexity index is 370. The van der Waals surface area contributed by atoms with Crippen molar-refractivity contribution in [3.05, 3.63) is 46.0 Å². The van der Waals surface area contributed by atoms with Crippen LogP contribution in [-0.2, 0) is 0 Å². The van der Waals surface area contributed by atoms with Crippen molar-refractivity contribution in [1.82, 2.24) is 0 Å². The highest BCUT2D eigenvalue weighted by molar-refractivity contribution is 5.64. The summed E-state index contributed by atoms with van der Waals surface area (Å²) in [5, 5.41) is 10.7. The lowest BCUT2D eigenvalue weighted by molar-refractivity contribution is -0.385. The Labute approximate surface area is 83.2 Å². The van der Waals surface area contributed by atoms with Gasteiger partial charge in [0.05, 0.1) is 10.5 Å². The number of nitrogens with zero attached hydrogens (tertiary/aromatic N) is 1. The van der Waals surface area contributed by atoms with Crippen molar-refractivity contribution >= 4 is 11.8 Å². The molecule has 0 N–H and O–H groups in total. The highest BCUT2D eigenvalue weighted by atomic mass is 16.6. The van der Waals surface area contributed by atoms with Gasteiger partial charge >= 0.3 is 0 Å². The molecule has 0 spiro atoms. The lowest BCUT2D eigenvalue weighted by Crippen LogP contribution is -1.97. The Hall–Kier alpha value is -1.64. The summed E-state index contributed by atoms with van der Waals surface area (Å²) in [6.45, 7) is 7.62. The van der Waals surface area contributed by atoms with Gasteiger partial charge in [0.25, 0.3) is 5.69 Å². The number of hydrogen-bond donors (Lipinski definition) is 0. The summed E-state index contributed by atoms with van der Waals surface area (Å²) in [4.78, 5) is 10.3. The molecular formula is C11H13NO2. The summed E-state index contributed by atoms with van der Waals surface area (Å²) in [6.07, 6.45) is 1.55. The van der Waals surface area contributed by atoms with Crippen LogP contribution in [0.25, 0.3) is 6.08 Å². The van der Waals surface area contributed by atoms with Crippen molar-refractivity contribution in [2.75, 3.05) is 0 Å². The van der Waals surface area contributed by atoms with Crippen LogP contribution in [0.5, 0.6) is 0 Å². The fourth-order valence-corrected chi connectivity index (χ4v) is 1.46. The molecule has 0 heterocycles. The molecule has 1 rings (SSSR count). The van der Waals surface area contributed by atoms with Crippen molar-refractivity contribution in [2.45, 2.75) is 19.8 Å². The van der Waals surface area contributed by atoms with Gasteiger partial charge < -0.3 is 0 Å². The van der Waals surface area contributed by atoms with E-state index in [9.17, 15) is 10.1 Å². The molecule has 0 aliphatic heterocycles. The van der Waals surface area contributed by atoms with E-state index in [4.69, 9.17) is 0 Å². The van der Waals surface area contributed by atoms with E-state index in [2.05, 4.69) is 6.58 Å². The van der Waals surface area contributed by atoms with Gasteiger partial charge in [-0.05, 0) is 11.5 Å². The highest BCUT2D eigenvalue weighted by Crippen LogP contribution is 2.28. The summed E-state index contributed by atoms with van der Waals surface area (Å²) in [5.41, 5.74) is 1.73. The molecule has 0 aliphatic rings. The maximum atomic E-state index is 10.7. The van der Waals surface area contributed by atoms with Crippen molar-refractivity contribution in [1.29, 1.82) is 0 Å². The number of rotatable bonds is 3. The van der Waals surface area contributed by atoms with Crippen LogP contribution in [-0.4, -0.2) is 4.92 Å². The van der Waals surface area contributed by atoms with Gasteiger partial charge in [-0.2, -0.15) is 0 Å². The van der Waals surface area contributed by atoms with Crippen LogP contribution < -0.4 is 0 Å². The molecular weight excluding hydrogens is 178 g/mol. The molecule has 0 bridgehead atoms. The monoisotopic (exact) mass is 191 g/mol. The third-order valence-corrected chi connectivity index (χ3v) is 2.14. The van der Waals surface area contributed by atoms with Crippen LogP contribution in [0.15, 0.2) is 24.8 Å². The predicted molar refractivity (Wildman–Crippen MR) is 57.3 cm³/mol. The lowest BCUT2D eigenvalue weighted by atomic mass is 9.96. The minimum absolute atomic E-state index is 0.131. The van der Waals surface area contributed by atoms with Gasteiger partial charge in [0.2, 0.25) is 0 Å². The average Bonchev–Trinajstić information content (AvgIpc) is 2.16. The van der Waals surface area contributed by atoms with Crippen LogP contribution in [0, 0.1) is 10.1 Å². The zero-order chi connectivity index (χ0) is 10.7. The molecule has 0 saturated heterocycles. The summed E-state index contributed by atoms with van der Waals surface area (Å²) in [7, 11) is 0. The number of benzene rings is 1. The van der Waals surface area contributed by atoms with Gasteiger partial charge in [0.1, 0.15) is 0 Å². The van der Waals surface area contributed by atoms with Gasteiger partial charge in [-0.3, -0.25) is 10.1 Å². The Kier molecular flexibility index (Phi) is 3.02. The standard InChI is InChI=1S/C11H13NO2/c1-4-9-10(8(2)3)6-5-7-11(9)12(13)14/h4-8H,1H2,2-3H3. The second kappa shape index (κ2) is 4.05. The zero-order valence-electron chi connectivity index (χ0n) is 8.36. The van der Waals surface area contributed by atoms with Gasteiger partial charge in [0.15, 0.2) is 0 Å². The molecule has 74 valence electrons. The Morgan fingerprint density at radius 2 is 2.14 bits per heavy atom. The van der Waals surface area contributed by atoms with Crippen molar-refractivity contribution in [3.8, 4) is 0 Å². The summed E-state index contributed by atoms with van der Waals surface area (Å²) in [5.74, 6) is 0.267. The molecule has 0 unspecified atom stereocenters. The van der Waals surface area contributed by atoms with E-state index in [1.807, 2.05) is 19.9 Å². The van der Waals surface area contributed by atoms with E-state index in [1.54, 1.807) is 12.1 Å². The SMILES string of the molecule is C=Cc1c(C(C)C)cccc1[N+](=O)[O-]. The third kappa shape index (κ3) is 1.82. The van der Waals surface area contributed by atoms with Crippen LogP contribution in [0.3, 0.4) is 0 Å². The normalized spacial score (nSPS) is 10.2. The van der Waals surface area contributed by atoms with E-state index >= 15 is 0 Å². The molecule has 0 saturated carbocycles. The van der Waals surface area contributed by atoms with Gasteiger partial charge in [0, 0.05) is 6.07 Å². The minimum atomic E-state index is -0.372. The van der Waals surface area contributed by atoms with Crippen LogP contribution in [0.2, 0.25) is 0 Å². The van der Waals surface area contributed by atoms with E-state index < -0.39 is 0 Å². The van der Waals surface area contributed by atoms with E-state index in [0.29, 0.717) is 5.56 Å². The number of nitro benzene ring substituents is 1. The van der Waals surface area contributed by atoms with Gasteiger partial charge in [-0.1, -0.05) is 38.6 Å². The molecule has 3 heteroatoms. The molecule has 0 atom stereocenters. The Balaban J connectivity index is 3.39. The van der Waals surface area contributed by atoms with Crippen molar-refractivity contribution in [3.63, 3.8) is 0 Å². The zero-order valence-corrected chi connectivity index (χ0v) is 8.36. The van der Waals surface area contributed by atoms with Crippen LogP contribution in [0.4, 0.5) is 5.69 Å². The number of hydrogen-bond acceptors (Lipinski definition) is 2. The fourth-order valence-electron chi connectivity index (χ4n) is 1.46. The topological polar surface area (TPSA) is 43.1 Å². The molecule has 0 amide bonds. The maximum absolute atomic E-state index is 10.7. The Morgan fingerprint density at radius 1 is 1.50 bits per heavy atom. The van der Waals surface area contributed by atoms with Crippen molar-refractivity contribution in [2.24, 2.45) is 0 Å². The quantitative estimate of drug-likeness (QED) is 0.543. The lowest BCUT2D eigenvalue weighted by Gasteiger charge is -2.09. The first kappa shape index (κ1) is 10.4. The largest absolute Gasteiger partial charge is 0.276 e. The molecule has 1 aromatic rings. The molecule has 0 aliphatic carbocycles. The third-order valence-electron chi connectivity index (χ3n) is 2.14. The summed E-state index contributed by atoms with van der Waals surface area (Å²) in [6, 6.07) is 5.11. The first-order chi connectivity index (χ1) is 6.57. The van der Waals surface area contributed by atoms with E-state index in [1.165, 1.54) is 6.07 Å². The molecule has 3 nitrogen and oxygen atoms in total. The first-order valence-electron chi connectivity index (χ1n) is 4.47. The first-order valence-corrected chi connectivity index (χ1v) is 4.47.